The smallest absolute Gasteiger partial charge is 0.387 e. The molecule has 0 bridgehead atoms. The molecule has 0 aliphatic carbocycles. The van der Waals surface area contributed by atoms with Gasteiger partial charge in [0.25, 0.3) is 0 Å². The molecule has 2 aromatic rings. The van der Waals surface area contributed by atoms with Crippen LogP contribution in [-0.4, -0.2) is 25.4 Å². The molecule has 0 atom stereocenters. The first kappa shape index (κ1) is 19.8. The third-order valence-electron chi connectivity index (χ3n) is 3.27. The summed E-state index contributed by atoms with van der Waals surface area (Å²) in [6, 6.07) is 12.0. The van der Waals surface area contributed by atoms with Gasteiger partial charge in [0.1, 0.15) is 0 Å². The third kappa shape index (κ3) is 6.07. The third-order valence-corrected chi connectivity index (χ3v) is 4.01. The molecule has 0 aliphatic rings. The summed E-state index contributed by atoms with van der Waals surface area (Å²) in [5, 5.41) is 2.75. The standard InChI is InChI=1S/C19H19F2NO3S/c1-3-24-17-12-13(4-10-16(17)25-19(20)21)5-11-18(23)22-14-6-8-15(26-2)9-7-14/h4-12,19H,3H2,1-2H3,(H,22,23)/b11-5+. The summed E-state index contributed by atoms with van der Waals surface area (Å²) < 4.78 is 34.5. The average molecular weight is 379 g/mol. The lowest BCUT2D eigenvalue weighted by Crippen LogP contribution is -2.07. The maximum Gasteiger partial charge on any atom is 0.387 e. The second kappa shape index (κ2) is 9.82. The molecule has 0 aromatic heterocycles. The van der Waals surface area contributed by atoms with Gasteiger partial charge in [0, 0.05) is 16.7 Å². The Balaban J connectivity index is 2.05. The van der Waals surface area contributed by atoms with Gasteiger partial charge < -0.3 is 14.8 Å². The number of amides is 1. The SMILES string of the molecule is CCOc1cc(/C=C/C(=O)Nc2ccc(SC)cc2)ccc1OC(F)F. The number of hydrogen-bond donors (Lipinski definition) is 1. The van der Waals surface area contributed by atoms with Gasteiger partial charge in [-0.05, 0) is 61.2 Å². The predicted octanol–water partition coefficient (Wildman–Crippen LogP) is 5.06. The van der Waals surface area contributed by atoms with Gasteiger partial charge in [-0.25, -0.2) is 0 Å². The molecule has 0 aliphatic heterocycles. The van der Waals surface area contributed by atoms with E-state index in [1.54, 1.807) is 30.8 Å². The van der Waals surface area contributed by atoms with Crippen LogP contribution in [0.4, 0.5) is 14.5 Å². The van der Waals surface area contributed by atoms with E-state index in [1.807, 2.05) is 30.5 Å². The number of benzene rings is 2. The van der Waals surface area contributed by atoms with Crippen molar-refractivity contribution in [3.63, 3.8) is 0 Å². The van der Waals surface area contributed by atoms with E-state index in [9.17, 15) is 13.6 Å². The van der Waals surface area contributed by atoms with Crippen molar-refractivity contribution in [3.05, 3.63) is 54.1 Å². The molecule has 0 fully saturated rings. The molecule has 138 valence electrons. The van der Waals surface area contributed by atoms with Crippen LogP contribution in [0, 0.1) is 0 Å². The molecular weight excluding hydrogens is 360 g/mol. The normalized spacial score (nSPS) is 11.0. The number of rotatable bonds is 8. The van der Waals surface area contributed by atoms with E-state index in [2.05, 4.69) is 10.1 Å². The lowest BCUT2D eigenvalue weighted by molar-refractivity contribution is -0.111. The Hall–Kier alpha value is -2.54. The fourth-order valence-corrected chi connectivity index (χ4v) is 2.53. The fraction of sp³-hybridized carbons (Fsp3) is 0.211. The molecule has 1 N–H and O–H groups in total. The van der Waals surface area contributed by atoms with Gasteiger partial charge in [-0.15, -0.1) is 11.8 Å². The lowest BCUT2D eigenvalue weighted by Gasteiger charge is -2.11. The maximum atomic E-state index is 12.4. The Morgan fingerprint density at radius 1 is 1.19 bits per heavy atom. The van der Waals surface area contributed by atoms with Crippen LogP contribution < -0.4 is 14.8 Å². The lowest BCUT2D eigenvalue weighted by atomic mass is 10.2. The Bertz CT molecular complexity index is 764. The van der Waals surface area contributed by atoms with Crippen molar-refractivity contribution in [1.82, 2.24) is 0 Å². The van der Waals surface area contributed by atoms with Crippen molar-refractivity contribution in [2.75, 3.05) is 18.2 Å². The first-order valence-electron chi connectivity index (χ1n) is 7.86. The quantitative estimate of drug-likeness (QED) is 0.514. The minimum atomic E-state index is -2.93. The second-order valence-electron chi connectivity index (χ2n) is 5.07. The Morgan fingerprint density at radius 2 is 1.92 bits per heavy atom. The van der Waals surface area contributed by atoms with E-state index in [0.29, 0.717) is 17.9 Å². The van der Waals surface area contributed by atoms with Crippen molar-refractivity contribution < 1.29 is 23.0 Å². The summed E-state index contributed by atoms with van der Waals surface area (Å²) in [7, 11) is 0. The molecule has 4 nitrogen and oxygen atoms in total. The van der Waals surface area contributed by atoms with Gasteiger partial charge in [0.2, 0.25) is 5.91 Å². The van der Waals surface area contributed by atoms with E-state index in [-0.39, 0.29) is 17.4 Å². The molecule has 0 unspecified atom stereocenters. The number of thioether (sulfide) groups is 1. The van der Waals surface area contributed by atoms with Gasteiger partial charge >= 0.3 is 6.61 Å². The van der Waals surface area contributed by atoms with Crippen LogP contribution in [0.5, 0.6) is 11.5 Å². The van der Waals surface area contributed by atoms with Crippen LogP contribution in [0.15, 0.2) is 53.4 Å². The summed E-state index contributed by atoms with van der Waals surface area (Å²) in [5.41, 5.74) is 1.32. The number of ether oxygens (including phenoxy) is 2. The Labute approximate surface area is 155 Å². The number of alkyl halides is 2. The largest absolute Gasteiger partial charge is 0.490 e. The van der Waals surface area contributed by atoms with E-state index >= 15 is 0 Å². The van der Waals surface area contributed by atoms with Crippen molar-refractivity contribution >= 4 is 29.4 Å². The minimum Gasteiger partial charge on any atom is -0.490 e. The molecule has 1 amide bonds. The van der Waals surface area contributed by atoms with E-state index in [4.69, 9.17) is 4.74 Å². The number of halogens is 2. The molecule has 7 heteroatoms. The number of anilines is 1. The van der Waals surface area contributed by atoms with Crippen LogP contribution in [0.3, 0.4) is 0 Å². The van der Waals surface area contributed by atoms with Crippen LogP contribution in [0.25, 0.3) is 6.08 Å². The van der Waals surface area contributed by atoms with Gasteiger partial charge in [-0.1, -0.05) is 6.07 Å². The van der Waals surface area contributed by atoms with Gasteiger partial charge in [-0.2, -0.15) is 8.78 Å². The molecule has 26 heavy (non-hydrogen) atoms. The zero-order chi connectivity index (χ0) is 18.9. The van der Waals surface area contributed by atoms with Gasteiger partial charge in [0.15, 0.2) is 11.5 Å². The molecule has 2 aromatic carbocycles. The molecule has 2 rings (SSSR count). The van der Waals surface area contributed by atoms with Crippen LogP contribution in [0.1, 0.15) is 12.5 Å². The van der Waals surface area contributed by atoms with Crippen LogP contribution in [0.2, 0.25) is 0 Å². The second-order valence-corrected chi connectivity index (χ2v) is 5.95. The maximum absolute atomic E-state index is 12.4. The Morgan fingerprint density at radius 3 is 2.54 bits per heavy atom. The zero-order valence-electron chi connectivity index (χ0n) is 14.4. The summed E-state index contributed by atoms with van der Waals surface area (Å²) in [6.07, 6.45) is 4.91. The summed E-state index contributed by atoms with van der Waals surface area (Å²) in [5.74, 6) is -0.145. The number of nitrogens with one attached hydrogen (secondary N) is 1. The van der Waals surface area contributed by atoms with Crippen molar-refractivity contribution in [3.8, 4) is 11.5 Å². The van der Waals surface area contributed by atoms with Gasteiger partial charge in [0.05, 0.1) is 6.61 Å². The number of carbonyl (C=O) groups is 1. The average Bonchev–Trinajstić information content (AvgIpc) is 2.62. The molecule has 0 spiro atoms. The first-order valence-corrected chi connectivity index (χ1v) is 9.09. The fourth-order valence-electron chi connectivity index (χ4n) is 2.12. The highest BCUT2D eigenvalue weighted by Crippen LogP contribution is 2.30. The van der Waals surface area contributed by atoms with Crippen molar-refractivity contribution in [2.45, 2.75) is 18.4 Å². The summed E-state index contributed by atoms with van der Waals surface area (Å²) >= 11 is 1.62. The number of hydrogen-bond acceptors (Lipinski definition) is 4. The van der Waals surface area contributed by atoms with Crippen molar-refractivity contribution in [1.29, 1.82) is 0 Å². The van der Waals surface area contributed by atoms with Crippen LogP contribution in [-0.2, 0) is 4.79 Å². The van der Waals surface area contributed by atoms with E-state index in [1.165, 1.54) is 18.2 Å². The predicted molar refractivity (Wildman–Crippen MR) is 100 cm³/mol. The minimum absolute atomic E-state index is 0.0441. The molecule has 0 heterocycles. The molecular formula is C19H19F2NO3S. The summed E-state index contributed by atoms with van der Waals surface area (Å²) in [4.78, 5) is 13.1. The Kier molecular flexibility index (Phi) is 7.47. The molecule has 0 saturated heterocycles. The molecule has 0 saturated carbocycles. The number of carbonyl (C=O) groups excluding carboxylic acids is 1. The van der Waals surface area contributed by atoms with E-state index in [0.717, 1.165) is 4.90 Å². The van der Waals surface area contributed by atoms with Crippen LogP contribution >= 0.6 is 11.8 Å². The topological polar surface area (TPSA) is 47.6 Å². The molecule has 0 radical (unpaired) electrons. The summed E-state index contributed by atoms with van der Waals surface area (Å²) in [6.45, 7) is -0.886. The van der Waals surface area contributed by atoms with Crippen molar-refractivity contribution in [2.24, 2.45) is 0 Å². The highest BCUT2D eigenvalue weighted by Gasteiger charge is 2.11. The monoisotopic (exact) mass is 379 g/mol. The van der Waals surface area contributed by atoms with E-state index < -0.39 is 6.61 Å². The van der Waals surface area contributed by atoms with Gasteiger partial charge in [-0.3, -0.25) is 4.79 Å². The highest BCUT2D eigenvalue weighted by molar-refractivity contribution is 7.98. The first-order chi connectivity index (χ1) is 12.5. The highest BCUT2D eigenvalue weighted by atomic mass is 32.2. The zero-order valence-corrected chi connectivity index (χ0v) is 15.2.